The number of aliphatic hydroxyl groups excluding tert-OH is 1. The summed E-state index contributed by atoms with van der Waals surface area (Å²) in [6.45, 7) is 0. The molecule has 2 atom stereocenters. The summed E-state index contributed by atoms with van der Waals surface area (Å²) < 4.78 is 26.8. The predicted octanol–water partition coefficient (Wildman–Crippen LogP) is 3.70. The molecule has 2 rings (SSSR count). The van der Waals surface area contributed by atoms with Crippen LogP contribution in [0.25, 0.3) is 0 Å². The van der Waals surface area contributed by atoms with Crippen LogP contribution in [0.1, 0.15) is 37.5 Å². The van der Waals surface area contributed by atoms with E-state index < -0.39 is 12.0 Å². The Kier molecular flexibility index (Phi) is 3.78. The highest BCUT2D eigenvalue weighted by Crippen LogP contribution is 2.42. The molecule has 0 spiro atoms. The third kappa shape index (κ3) is 3.22. The minimum atomic E-state index is -2.55. The lowest BCUT2D eigenvalue weighted by atomic mass is 9.98. The summed E-state index contributed by atoms with van der Waals surface area (Å²) >= 11 is 3.30. The van der Waals surface area contributed by atoms with Crippen LogP contribution in [0.15, 0.2) is 22.8 Å². The van der Waals surface area contributed by atoms with Gasteiger partial charge in [-0.2, -0.15) is 0 Å². The van der Waals surface area contributed by atoms with Gasteiger partial charge in [-0.05, 0) is 46.8 Å². The first-order chi connectivity index (χ1) is 7.98. The summed E-state index contributed by atoms with van der Waals surface area (Å²) in [7, 11) is 0. The monoisotopic (exact) mass is 305 g/mol. The number of hydrogen-bond donors (Lipinski definition) is 1. The van der Waals surface area contributed by atoms with Crippen LogP contribution in [-0.4, -0.2) is 16.0 Å². The number of pyridine rings is 1. The first-order valence-corrected chi connectivity index (χ1v) is 6.43. The molecule has 1 aromatic rings. The van der Waals surface area contributed by atoms with Crippen LogP contribution in [0.2, 0.25) is 0 Å². The van der Waals surface area contributed by atoms with Crippen LogP contribution < -0.4 is 0 Å². The fraction of sp³-hybridized carbons (Fsp3) is 0.583. The van der Waals surface area contributed by atoms with Gasteiger partial charge < -0.3 is 5.11 Å². The molecule has 0 saturated heterocycles. The Balaban J connectivity index is 1.99. The number of halogens is 3. The number of aromatic nitrogens is 1. The summed E-state index contributed by atoms with van der Waals surface area (Å²) in [6, 6.07) is 3.54. The molecule has 2 unspecified atom stereocenters. The van der Waals surface area contributed by atoms with Gasteiger partial charge in [0.1, 0.15) is 0 Å². The van der Waals surface area contributed by atoms with E-state index >= 15 is 0 Å². The van der Waals surface area contributed by atoms with Gasteiger partial charge in [0.05, 0.1) is 11.8 Å². The Morgan fingerprint density at radius 3 is 2.94 bits per heavy atom. The number of alkyl halides is 2. The second-order valence-electron chi connectivity index (χ2n) is 4.59. The van der Waals surface area contributed by atoms with Crippen molar-refractivity contribution in [2.45, 2.75) is 37.7 Å². The minimum Gasteiger partial charge on any atom is -0.387 e. The van der Waals surface area contributed by atoms with Gasteiger partial charge in [-0.25, -0.2) is 8.78 Å². The Morgan fingerprint density at radius 1 is 1.59 bits per heavy atom. The molecule has 1 saturated carbocycles. The van der Waals surface area contributed by atoms with E-state index in [1.807, 2.05) is 0 Å². The van der Waals surface area contributed by atoms with Crippen LogP contribution >= 0.6 is 15.9 Å². The molecule has 1 aliphatic rings. The summed E-state index contributed by atoms with van der Waals surface area (Å²) in [5, 5.41) is 9.99. The summed E-state index contributed by atoms with van der Waals surface area (Å²) in [5.41, 5.74) is 0.530. The molecule has 17 heavy (non-hydrogen) atoms. The highest BCUT2D eigenvalue weighted by Gasteiger charge is 2.40. The second-order valence-corrected chi connectivity index (χ2v) is 5.44. The molecule has 0 aromatic carbocycles. The Labute approximate surface area is 107 Å². The molecule has 0 aliphatic heterocycles. The molecule has 1 fully saturated rings. The number of rotatable bonds is 3. The average molecular weight is 306 g/mol. The molecule has 0 bridgehead atoms. The SMILES string of the molecule is OC(CC1CCC(F)(F)C1)c1ncccc1Br. The first-order valence-electron chi connectivity index (χ1n) is 5.64. The van der Waals surface area contributed by atoms with Crippen molar-refractivity contribution in [2.75, 3.05) is 0 Å². The molecule has 0 amide bonds. The summed E-state index contributed by atoms with van der Waals surface area (Å²) in [5.74, 6) is -2.67. The quantitative estimate of drug-likeness (QED) is 0.923. The molecule has 1 aromatic heterocycles. The molecule has 94 valence electrons. The lowest BCUT2D eigenvalue weighted by Crippen LogP contribution is -2.12. The Hall–Kier alpha value is -0.550. The third-order valence-electron chi connectivity index (χ3n) is 3.16. The largest absolute Gasteiger partial charge is 0.387 e. The van der Waals surface area contributed by atoms with E-state index in [9.17, 15) is 13.9 Å². The highest BCUT2D eigenvalue weighted by molar-refractivity contribution is 9.10. The van der Waals surface area contributed by atoms with Gasteiger partial charge in [-0.3, -0.25) is 4.98 Å². The molecular formula is C12H14BrF2NO. The van der Waals surface area contributed by atoms with Gasteiger partial charge in [0.25, 0.3) is 0 Å². The summed E-state index contributed by atoms with van der Waals surface area (Å²) in [6.07, 6.45) is 1.47. The van der Waals surface area contributed by atoms with Gasteiger partial charge in [-0.15, -0.1) is 0 Å². The number of hydrogen-bond acceptors (Lipinski definition) is 2. The van der Waals surface area contributed by atoms with Crippen molar-refractivity contribution in [3.63, 3.8) is 0 Å². The van der Waals surface area contributed by atoms with Crippen LogP contribution in [0.5, 0.6) is 0 Å². The van der Waals surface area contributed by atoms with Crippen molar-refractivity contribution in [1.29, 1.82) is 0 Å². The first kappa shape index (κ1) is 12.9. The van der Waals surface area contributed by atoms with Gasteiger partial charge in [0.15, 0.2) is 0 Å². The molecule has 1 heterocycles. The van der Waals surface area contributed by atoms with Crippen LogP contribution in [0.4, 0.5) is 8.78 Å². The number of nitrogens with zero attached hydrogens (tertiary/aromatic N) is 1. The Morgan fingerprint density at radius 2 is 2.35 bits per heavy atom. The van der Waals surface area contributed by atoms with E-state index in [1.54, 1.807) is 18.3 Å². The highest BCUT2D eigenvalue weighted by atomic mass is 79.9. The molecule has 0 radical (unpaired) electrons. The topological polar surface area (TPSA) is 33.1 Å². The minimum absolute atomic E-state index is 0.0617. The van der Waals surface area contributed by atoms with Crippen LogP contribution in [0, 0.1) is 5.92 Å². The maximum atomic E-state index is 13.0. The van der Waals surface area contributed by atoms with E-state index in [1.165, 1.54) is 0 Å². The standard InChI is InChI=1S/C12H14BrF2NO/c13-9-2-1-5-16-11(9)10(17)6-8-3-4-12(14,15)7-8/h1-2,5,8,10,17H,3-4,6-7H2. The molecule has 1 aliphatic carbocycles. The van der Waals surface area contributed by atoms with Gasteiger partial charge in [0, 0.05) is 23.5 Å². The van der Waals surface area contributed by atoms with E-state index in [0.29, 0.717) is 18.5 Å². The van der Waals surface area contributed by atoms with Crippen molar-refractivity contribution in [3.8, 4) is 0 Å². The van der Waals surface area contributed by atoms with Crippen molar-refractivity contribution in [1.82, 2.24) is 4.98 Å². The third-order valence-corrected chi connectivity index (χ3v) is 3.84. The van der Waals surface area contributed by atoms with E-state index in [0.717, 1.165) is 4.47 Å². The van der Waals surface area contributed by atoms with E-state index in [-0.39, 0.29) is 18.8 Å². The zero-order valence-electron chi connectivity index (χ0n) is 9.24. The maximum absolute atomic E-state index is 13.0. The zero-order chi connectivity index (χ0) is 12.5. The van der Waals surface area contributed by atoms with E-state index in [4.69, 9.17) is 0 Å². The fourth-order valence-corrected chi connectivity index (χ4v) is 2.83. The summed E-state index contributed by atoms with van der Waals surface area (Å²) in [4.78, 5) is 4.07. The van der Waals surface area contributed by atoms with Crippen molar-refractivity contribution >= 4 is 15.9 Å². The van der Waals surface area contributed by atoms with E-state index in [2.05, 4.69) is 20.9 Å². The molecule has 2 nitrogen and oxygen atoms in total. The van der Waals surface area contributed by atoms with Crippen LogP contribution in [0.3, 0.4) is 0 Å². The van der Waals surface area contributed by atoms with Gasteiger partial charge >= 0.3 is 0 Å². The molecular weight excluding hydrogens is 292 g/mol. The zero-order valence-corrected chi connectivity index (χ0v) is 10.8. The van der Waals surface area contributed by atoms with Crippen molar-refractivity contribution < 1.29 is 13.9 Å². The number of aliphatic hydroxyl groups is 1. The molecule has 5 heteroatoms. The second kappa shape index (κ2) is 4.98. The predicted molar refractivity (Wildman–Crippen MR) is 63.8 cm³/mol. The van der Waals surface area contributed by atoms with Crippen LogP contribution in [-0.2, 0) is 0 Å². The molecule has 1 N–H and O–H groups in total. The average Bonchev–Trinajstić information content (AvgIpc) is 2.58. The van der Waals surface area contributed by atoms with Crippen molar-refractivity contribution in [3.05, 3.63) is 28.5 Å². The van der Waals surface area contributed by atoms with Gasteiger partial charge in [-0.1, -0.05) is 0 Å². The maximum Gasteiger partial charge on any atom is 0.248 e. The van der Waals surface area contributed by atoms with Gasteiger partial charge in [0.2, 0.25) is 5.92 Å². The lowest BCUT2D eigenvalue weighted by molar-refractivity contribution is 0.00244. The Bertz CT molecular complexity index is 400. The normalized spacial score (nSPS) is 24.8. The fourth-order valence-electron chi connectivity index (χ4n) is 2.31. The lowest BCUT2D eigenvalue weighted by Gasteiger charge is -2.16. The smallest absolute Gasteiger partial charge is 0.248 e. The van der Waals surface area contributed by atoms with Crippen molar-refractivity contribution in [2.24, 2.45) is 5.92 Å².